The Balaban J connectivity index is 1.58. The molecule has 1 amide bonds. The van der Waals surface area contributed by atoms with Crippen LogP contribution >= 0.6 is 0 Å². The van der Waals surface area contributed by atoms with Crippen LogP contribution in [0.4, 0.5) is 0 Å². The molecular weight excluding hydrogens is 432 g/mol. The van der Waals surface area contributed by atoms with Gasteiger partial charge >= 0.3 is 0 Å². The highest BCUT2D eigenvalue weighted by Crippen LogP contribution is 2.28. The van der Waals surface area contributed by atoms with Crippen molar-refractivity contribution in [2.45, 2.75) is 37.6 Å². The second kappa shape index (κ2) is 10.0. The van der Waals surface area contributed by atoms with E-state index in [1.807, 2.05) is 38.4 Å². The van der Waals surface area contributed by atoms with E-state index in [9.17, 15) is 13.2 Å². The minimum Gasteiger partial charge on any atom is -0.497 e. The Labute approximate surface area is 189 Å². The van der Waals surface area contributed by atoms with Crippen molar-refractivity contribution in [1.29, 1.82) is 0 Å². The number of amides is 1. The van der Waals surface area contributed by atoms with Crippen molar-refractivity contribution in [3.8, 4) is 5.75 Å². The van der Waals surface area contributed by atoms with Crippen LogP contribution in [0.5, 0.6) is 5.75 Å². The lowest BCUT2D eigenvalue weighted by atomic mass is 9.97. The van der Waals surface area contributed by atoms with Gasteiger partial charge in [0.15, 0.2) is 5.76 Å². The number of likely N-dealkylation sites (N-methyl/N-ethyl adjacent to an activating group) is 1. The summed E-state index contributed by atoms with van der Waals surface area (Å²) >= 11 is 0. The summed E-state index contributed by atoms with van der Waals surface area (Å²) < 4.78 is 37.6. The molecule has 176 valence electrons. The average molecular weight is 465 g/mol. The molecule has 3 rings (SSSR count). The lowest BCUT2D eigenvalue weighted by molar-refractivity contribution is -0.126. The zero-order chi connectivity index (χ0) is 23.5. The van der Waals surface area contributed by atoms with E-state index >= 15 is 0 Å². The highest BCUT2D eigenvalue weighted by atomic mass is 32.2. The van der Waals surface area contributed by atoms with Crippen LogP contribution in [0.1, 0.15) is 35.9 Å². The zero-order valence-corrected chi connectivity index (χ0v) is 20.1. The van der Waals surface area contributed by atoms with Gasteiger partial charge in [-0.2, -0.15) is 4.31 Å². The Hall–Kier alpha value is -2.43. The molecule has 0 saturated carbocycles. The predicted molar refractivity (Wildman–Crippen MR) is 120 cm³/mol. The van der Waals surface area contributed by atoms with E-state index in [4.69, 9.17) is 9.26 Å². The van der Waals surface area contributed by atoms with Gasteiger partial charge in [-0.15, -0.1) is 0 Å². The molecule has 9 nitrogen and oxygen atoms in total. The minimum absolute atomic E-state index is 0.0184. The van der Waals surface area contributed by atoms with Crippen LogP contribution in [-0.2, 0) is 14.8 Å². The number of carbonyl (C=O) groups is 1. The van der Waals surface area contributed by atoms with Gasteiger partial charge in [0.2, 0.25) is 15.9 Å². The fourth-order valence-corrected chi connectivity index (χ4v) is 5.86. The SMILES string of the molecule is COc1ccc(C(CNC(=O)C2CCN(S(=O)(=O)c3c(C)noc3C)CC2)N(C)C)cc1. The average Bonchev–Trinajstić information content (AvgIpc) is 3.12. The molecule has 1 aromatic carbocycles. The summed E-state index contributed by atoms with van der Waals surface area (Å²) in [6, 6.07) is 7.82. The monoisotopic (exact) mass is 464 g/mol. The second-order valence-electron chi connectivity index (χ2n) is 8.33. The molecule has 1 aliphatic heterocycles. The van der Waals surface area contributed by atoms with Gasteiger partial charge in [-0.1, -0.05) is 17.3 Å². The van der Waals surface area contributed by atoms with Gasteiger partial charge in [0, 0.05) is 25.6 Å². The van der Waals surface area contributed by atoms with Gasteiger partial charge in [-0.25, -0.2) is 8.42 Å². The molecule has 1 aliphatic rings. The summed E-state index contributed by atoms with van der Waals surface area (Å²) in [7, 11) is 1.89. The summed E-state index contributed by atoms with van der Waals surface area (Å²) in [6.45, 7) is 4.26. The number of piperidine rings is 1. The molecule has 1 unspecified atom stereocenters. The molecule has 0 radical (unpaired) electrons. The smallest absolute Gasteiger partial charge is 0.248 e. The minimum atomic E-state index is -3.68. The molecule has 1 fully saturated rings. The molecule has 32 heavy (non-hydrogen) atoms. The number of methoxy groups -OCH3 is 1. The number of ether oxygens (including phenoxy) is 1. The van der Waals surface area contributed by atoms with Crippen molar-refractivity contribution in [2.75, 3.05) is 40.8 Å². The number of nitrogens with one attached hydrogen (secondary N) is 1. The first kappa shape index (κ1) is 24.2. The number of rotatable bonds is 8. The van der Waals surface area contributed by atoms with Crippen LogP contribution in [0.15, 0.2) is 33.7 Å². The van der Waals surface area contributed by atoms with Crippen molar-refractivity contribution in [3.05, 3.63) is 41.3 Å². The maximum Gasteiger partial charge on any atom is 0.248 e. The maximum absolute atomic E-state index is 13.0. The number of sulfonamides is 1. The molecule has 1 N–H and O–H groups in total. The second-order valence-corrected chi connectivity index (χ2v) is 10.2. The van der Waals surface area contributed by atoms with Crippen LogP contribution in [-0.4, -0.2) is 69.5 Å². The van der Waals surface area contributed by atoms with Gasteiger partial charge < -0.3 is 19.5 Å². The van der Waals surface area contributed by atoms with Crippen LogP contribution in [0.3, 0.4) is 0 Å². The van der Waals surface area contributed by atoms with E-state index in [1.54, 1.807) is 21.0 Å². The molecule has 10 heteroatoms. The van der Waals surface area contributed by atoms with E-state index in [0.717, 1.165) is 11.3 Å². The van der Waals surface area contributed by atoms with E-state index in [2.05, 4.69) is 15.4 Å². The zero-order valence-electron chi connectivity index (χ0n) is 19.3. The van der Waals surface area contributed by atoms with Crippen molar-refractivity contribution >= 4 is 15.9 Å². The molecule has 2 heterocycles. The maximum atomic E-state index is 13.0. The van der Waals surface area contributed by atoms with Crippen molar-refractivity contribution < 1.29 is 22.5 Å². The van der Waals surface area contributed by atoms with Gasteiger partial charge in [0.05, 0.1) is 13.2 Å². The fourth-order valence-electron chi connectivity index (χ4n) is 4.10. The number of hydrogen-bond acceptors (Lipinski definition) is 7. The van der Waals surface area contributed by atoms with Crippen molar-refractivity contribution in [2.24, 2.45) is 5.92 Å². The fraction of sp³-hybridized carbons (Fsp3) is 0.545. The van der Waals surface area contributed by atoms with Gasteiger partial charge in [0.25, 0.3) is 0 Å². The Morgan fingerprint density at radius 1 is 1.25 bits per heavy atom. The summed E-state index contributed by atoms with van der Waals surface area (Å²) in [5, 5.41) is 6.81. The van der Waals surface area contributed by atoms with Crippen LogP contribution in [0.25, 0.3) is 0 Å². The van der Waals surface area contributed by atoms with E-state index < -0.39 is 10.0 Å². The number of aryl methyl sites for hydroxylation is 2. The van der Waals surface area contributed by atoms with E-state index in [-0.39, 0.29) is 28.5 Å². The Bertz CT molecular complexity index is 1010. The summed E-state index contributed by atoms with van der Waals surface area (Å²) in [4.78, 5) is 15.0. The van der Waals surface area contributed by atoms with E-state index in [1.165, 1.54) is 4.31 Å². The van der Waals surface area contributed by atoms with E-state index in [0.29, 0.717) is 38.2 Å². The topological polar surface area (TPSA) is 105 Å². The number of nitrogens with zero attached hydrogens (tertiary/aromatic N) is 3. The van der Waals surface area contributed by atoms with Crippen LogP contribution in [0, 0.1) is 19.8 Å². The van der Waals surface area contributed by atoms with Crippen LogP contribution in [0.2, 0.25) is 0 Å². The summed E-state index contributed by atoms with van der Waals surface area (Å²) in [5.74, 6) is 0.814. The highest BCUT2D eigenvalue weighted by Gasteiger charge is 2.35. The predicted octanol–water partition coefficient (Wildman–Crippen LogP) is 2.12. The third-order valence-electron chi connectivity index (χ3n) is 5.98. The molecule has 0 spiro atoms. The lowest BCUT2D eigenvalue weighted by Gasteiger charge is -2.31. The highest BCUT2D eigenvalue weighted by molar-refractivity contribution is 7.89. The molecule has 1 saturated heterocycles. The number of carbonyl (C=O) groups excluding carboxylic acids is 1. The van der Waals surface area contributed by atoms with Crippen molar-refractivity contribution in [3.63, 3.8) is 0 Å². The number of benzene rings is 1. The molecule has 1 aromatic heterocycles. The standard InChI is InChI=1S/C22H32N4O5S/c1-15-21(16(2)31-24-15)32(28,29)26-12-10-18(11-13-26)22(27)23-14-20(25(3)4)17-6-8-19(30-5)9-7-17/h6-9,18,20H,10-14H2,1-5H3,(H,23,27). The first-order valence-corrected chi connectivity index (χ1v) is 12.1. The molecule has 0 aliphatic carbocycles. The third kappa shape index (κ3) is 5.13. The van der Waals surface area contributed by atoms with Gasteiger partial charge in [0.1, 0.15) is 16.3 Å². The van der Waals surface area contributed by atoms with Gasteiger partial charge in [-0.3, -0.25) is 4.79 Å². The van der Waals surface area contributed by atoms with Crippen LogP contribution < -0.4 is 10.1 Å². The Morgan fingerprint density at radius 2 is 1.88 bits per heavy atom. The molecule has 0 bridgehead atoms. The van der Waals surface area contributed by atoms with Crippen molar-refractivity contribution in [1.82, 2.24) is 19.7 Å². The summed E-state index contributed by atoms with van der Waals surface area (Å²) in [6.07, 6.45) is 0.952. The van der Waals surface area contributed by atoms with Gasteiger partial charge in [-0.05, 0) is 58.5 Å². The number of aromatic nitrogens is 1. The molecular formula is C22H32N4O5S. The first-order valence-electron chi connectivity index (χ1n) is 10.7. The largest absolute Gasteiger partial charge is 0.497 e. The Morgan fingerprint density at radius 3 is 2.38 bits per heavy atom. The summed E-state index contributed by atoms with van der Waals surface area (Å²) in [5.41, 5.74) is 1.44. The normalized spacial score (nSPS) is 16.8. The number of hydrogen-bond donors (Lipinski definition) is 1. The molecule has 2 aromatic rings. The lowest BCUT2D eigenvalue weighted by Crippen LogP contribution is -2.44. The quantitative estimate of drug-likeness (QED) is 0.638. The molecule has 1 atom stereocenters. The third-order valence-corrected chi connectivity index (χ3v) is 8.13. The first-order chi connectivity index (χ1) is 15.1. The Kier molecular flexibility index (Phi) is 7.58.